The maximum Gasteiger partial charge on any atom is 0.269 e. The van der Waals surface area contributed by atoms with Gasteiger partial charge in [-0.1, -0.05) is 20.8 Å². The number of amides is 2. The fraction of sp³-hybridized carbons (Fsp3) is 0.364. The van der Waals surface area contributed by atoms with Crippen LogP contribution in [-0.4, -0.2) is 25.0 Å². The lowest BCUT2D eigenvalue weighted by Gasteiger charge is -2.10. The summed E-state index contributed by atoms with van der Waals surface area (Å²) in [6.45, 7) is 7.57. The first-order valence-corrected chi connectivity index (χ1v) is 9.56. The Hall–Kier alpha value is -3.02. The van der Waals surface area contributed by atoms with Crippen LogP contribution in [0.15, 0.2) is 48.5 Å². The molecule has 0 fully saturated rings. The average molecular weight is 384 g/mol. The quantitative estimate of drug-likeness (QED) is 0.641. The molecule has 0 aliphatic carbocycles. The van der Waals surface area contributed by atoms with Gasteiger partial charge in [0.25, 0.3) is 11.8 Å². The molecule has 2 aromatic rings. The van der Waals surface area contributed by atoms with Gasteiger partial charge in [0.05, 0.1) is 13.2 Å². The lowest BCUT2D eigenvalue weighted by atomic mass is 10.1. The molecule has 0 bridgehead atoms. The molecule has 2 amide bonds. The summed E-state index contributed by atoms with van der Waals surface area (Å²) < 4.78 is 11.1. The molecule has 6 nitrogen and oxygen atoms in total. The van der Waals surface area contributed by atoms with Crippen molar-refractivity contribution in [3.63, 3.8) is 0 Å². The SMILES string of the molecule is CCCOc1ccc(C(=O)NNC(=O)c2ccc(OCCC(C)C)cc2)cc1. The lowest BCUT2D eigenvalue weighted by molar-refractivity contribution is 0.0846. The van der Waals surface area contributed by atoms with Crippen molar-refractivity contribution in [1.82, 2.24) is 10.9 Å². The summed E-state index contributed by atoms with van der Waals surface area (Å²) in [6.07, 6.45) is 1.89. The highest BCUT2D eigenvalue weighted by atomic mass is 16.5. The van der Waals surface area contributed by atoms with Gasteiger partial charge >= 0.3 is 0 Å². The first kappa shape index (κ1) is 21.3. The number of hydrogen-bond donors (Lipinski definition) is 2. The van der Waals surface area contributed by atoms with Gasteiger partial charge in [0.15, 0.2) is 0 Å². The van der Waals surface area contributed by atoms with E-state index in [1.807, 2.05) is 6.92 Å². The van der Waals surface area contributed by atoms with E-state index in [9.17, 15) is 9.59 Å². The van der Waals surface area contributed by atoms with E-state index in [-0.39, 0.29) is 0 Å². The molecule has 0 heterocycles. The molecule has 0 saturated carbocycles. The van der Waals surface area contributed by atoms with E-state index >= 15 is 0 Å². The van der Waals surface area contributed by atoms with Crippen molar-refractivity contribution in [2.24, 2.45) is 5.92 Å². The molecule has 0 aromatic heterocycles. The second-order valence-corrected chi connectivity index (χ2v) is 6.84. The van der Waals surface area contributed by atoms with E-state index in [1.54, 1.807) is 48.5 Å². The van der Waals surface area contributed by atoms with E-state index in [1.165, 1.54) is 0 Å². The van der Waals surface area contributed by atoms with Crippen LogP contribution in [0.2, 0.25) is 0 Å². The molecule has 0 atom stereocenters. The number of ether oxygens (including phenoxy) is 2. The van der Waals surface area contributed by atoms with Crippen molar-refractivity contribution in [3.05, 3.63) is 59.7 Å². The van der Waals surface area contributed by atoms with Crippen molar-refractivity contribution in [1.29, 1.82) is 0 Å². The third-order valence-corrected chi connectivity index (χ3v) is 3.96. The van der Waals surface area contributed by atoms with Crippen molar-refractivity contribution in [2.75, 3.05) is 13.2 Å². The Morgan fingerprint density at radius 1 is 0.786 bits per heavy atom. The van der Waals surface area contributed by atoms with Crippen molar-refractivity contribution in [2.45, 2.75) is 33.6 Å². The summed E-state index contributed by atoms with van der Waals surface area (Å²) >= 11 is 0. The van der Waals surface area contributed by atoms with Gasteiger partial charge < -0.3 is 9.47 Å². The molecule has 2 N–H and O–H groups in total. The fourth-order valence-corrected chi connectivity index (χ4v) is 2.30. The van der Waals surface area contributed by atoms with E-state index in [2.05, 4.69) is 24.7 Å². The van der Waals surface area contributed by atoms with Gasteiger partial charge in [-0.2, -0.15) is 0 Å². The highest BCUT2D eigenvalue weighted by Crippen LogP contribution is 2.14. The topological polar surface area (TPSA) is 76.7 Å². The second-order valence-electron chi connectivity index (χ2n) is 6.84. The van der Waals surface area contributed by atoms with Crippen LogP contribution in [0.1, 0.15) is 54.3 Å². The van der Waals surface area contributed by atoms with Crippen molar-refractivity contribution < 1.29 is 19.1 Å². The Kier molecular flexibility index (Phi) is 8.34. The maximum atomic E-state index is 12.2. The van der Waals surface area contributed by atoms with Crippen LogP contribution in [0, 0.1) is 5.92 Å². The zero-order valence-electron chi connectivity index (χ0n) is 16.7. The van der Waals surface area contributed by atoms with Gasteiger partial charge in [-0.3, -0.25) is 20.4 Å². The highest BCUT2D eigenvalue weighted by molar-refractivity contribution is 5.99. The number of hydrazine groups is 1. The third kappa shape index (κ3) is 6.95. The van der Waals surface area contributed by atoms with Crippen LogP contribution in [-0.2, 0) is 0 Å². The predicted molar refractivity (Wildman–Crippen MR) is 109 cm³/mol. The Bertz CT molecular complexity index is 755. The fourth-order valence-electron chi connectivity index (χ4n) is 2.30. The zero-order valence-corrected chi connectivity index (χ0v) is 16.7. The number of carbonyl (C=O) groups is 2. The second kappa shape index (κ2) is 11.0. The van der Waals surface area contributed by atoms with E-state index in [0.717, 1.165) is 12.8 Å². The molecule has 0 unspecified atom stereocenters. The Balaban J connectivity index is 1.81. The first-order valence-electron chi connectivity index (χ1n) is 9.56. The summed E-state index contributed by atoms with van der Waals surface area (Å²) in [5.41, 5.74) is 5.68. The average Bonchev–Trinajstić information content (AvgIpc) is 2.71. The lowest BCUT2D eigenvalue weighted by Crippen LogP contribution is -2.41. The Morgan fingerprint density at radius 2 is 1.21 bits per heavy atom. The molecular formula is C22H28N2O4. The summed E-state index contributed by atoms with van der Waals surface area (Å²) in [5.74, 6) is 1.20. The summed E-state index contributed by atoms with van der Waals surface area (Å²) in [7, 11) is 0. The van der Waals surface area contributed by atoms with E-state index in [0.29, 0.717) is 41.8 Å². The summed E-state index contributed by atoms with van der Waals surface area (Å²) in [6, 6.07) is 13.6. The molecule has 0 radical (unpaired) electrons. The monoisotopic (exact) mass is 384 g/mol. The molecule has 150 valence electrons. The minimum atomic E-state index is -0.399. The molecule has 6 heteroatoms. The van der Waals surface area contributed by atoms with Gasteiger partial charge in [-0.15, -0.1) is 0 Å². The molecule has 0 aliphatic heterocycles. The number of benzene rings is 2. The number of rotatable bonds is 9. The maximum absolute atomic E-state index is 12.2. The number of carbonyl (C=O) groups excluding carboxylic acids is 2. The van der Waals surface area contributed by atoms with Crippen molar-refractivity contribution in [3.8, 4) is 11.5 Å². The normalized spacial score (nSPS) is 10.4. The van der Waals surface area contributed by atoms with Gasteiger partial charge in [-0.25, -0.2) is 0 Å². The van der Waals surface area contributed by atoms with Crippen LogP contribution in [0.5, 0.6) is 11.5 Å². The minimum absolute atomic E-state index is 0.398. The Morgan fingerprint density at radius 3 is 1.61 bits per heavy atom. The van der Waals surface area contributed by atoms with Gasteiger partial charge in [-0.05, 0) is 67.3 Å². The van der Waals surface area contributed by atoms with Crippen LogP contribution in [0.4, 0.5) is 0 Å². The van der Waals surface area contributed by atoms with Crippen LogP contribution < -0.4 is 20.3 Å². The minimum Gasteiger partial charge on any atom is -0.494 e. The van der Waals surface area contributed by atoms with Crippen molar-refractivity contribution >= 4 is 11.8 Å². The largest absolute Gasteiger partial charge is 0.494 e. The van der Waals surface area contributed by atoms with Gasteiger partial charge in [0.2, 0.25) is 0 Å². The summed E-state index contributed by atoms with van der Waals surface area (Å²) in [5, 5.41) is 0. The predicted octanol–water partition coefficient (Wildman–Crippen LogP) is 3.98. The molecule has 0 saturated heterocycles. The van der Waals surface area contributed by atoms with E-state index in [4.69, 9.17) is 9.47 Å². The zero-order chi connectivity index (χ0) is 20.4. The third-order valence-electron chi connectivity index (χ3n) is 3.96. The molecular weight excluding hydrogens is 356 g/mol. The van der Waals surface area contributed by atoms with Gasteiger partial charge in [0.1, 0.15) is 11.5 Å². The first-order chi connectivity index (χ1) is 13.5. The molecule has 2 rings (SSSR count). The number of hydrogen-bond acceptors (Lipinski definition) is 4. The molecule has 0 spiro atoms. The van der Waals surface area contributed by atoms with Crippen LogP contribution in [0.3, 0.4) is 0 Å². The van der Waals surface area contributed by atoms with E-state index < -0.39 is 11.8 Å². The number of nitrogens with one attached hydrogen (secondary N) is 2. The Labute approximate surface area is 166 Å². The molecule has 28 heavy (non-hydrogen) atoms. The summed E-state index contributed by atoms with van der Waals surface area (Å²) in [4.78, 5) is 24.3. The smallest absolute Gasteiger partial charge is 0.269 e. The standard InChI is InChI=1S/C22H28N2O4/c1-4-14-27-19-9-5-17(6-10-19)21(25)23-24-22(26)18-7-11-20(12-8-18)28-15-13-16(2)3/h5-12,16H,4,13-15H2,1-3H3,(H,23,25)(H,24,26). The van der Waals surface area contributed by atoms with Crippen LogP contribution in [0.25, 0.3) is 0 Å². The highest BCUT2D eigenvalue weighted by Gasteiger charge is 2.09. The molecule has 0 aliphatic rings. The van der Waals surface area contributed by atoms with Gasteiger partial charge in [0, 0.05) is 11.1 Å². The molecule has 2 aromatic carbocycles. The van der Waals surface area contributed by atoms with Crippen LogP contribution >= 0.6 is 0 Å².